The molecule has 0 fully saturated rings. The highest BCUT2D eigenvalue weighted by molar-refractivity contribution is 8.13. The Morgan fingerprint density at radius 3 is 3.14 bits per heavy atom. The standard InChI is InChI=1S/C8H6N2O3S/c11-6-3-9-5-1-4(8(12)13)2-10-7(5)14-6/h1-2,9H,3H2,(H,12,13). The normalized spacial score (nSPS) is 14.4. The number of anilines is 1. The average molecular weight is 210 g/mol. The fourth-order valence-electron chi connectivity index (χ4n) is 1.09. The lowest BCUT2D eigenvalue weighted by molar-refractivity contribution is -0.109. The number of carboxylic acid groups (broad SMARTS) is 1. The van der Waals surface area contributed by atoms with Crippen molar-refractivity contribution in [2.45, 2.75) is 5.03 Å². The number of carboxylic acids is 1. The van der Waals surface area contributed by atoms with Gasteiger partial charge in [0.05, 0.1) is 17.8 Å². The predicted molar refractivity (Wildman–Crippen MR) is 50.6 cm³/mol. The van der Waals surface area contributed by atoms with E-state index >= 15 is 0 Å². The Labute approximate surface area is 83.5 Å². The van der Waals surface area contributed by atoms with Gasteiger partial charge >= 0.3 is 5.97 Å². The first-order valence-electron chi connectivity index (χ1n) is 3.85. The van der Waals surface area contributed by atoms with Crippen LogP contribution in [0.2, 0.25) is 0 Å². The van der Waals surface area contributed by atoms with Crippen LogP contribution < -0.4 is 5.32 Å². The van der Waals surface area contributed by atoms with E-state index in [0.29, 0.717) is 10.7 Å². The van der Waals surface area contributed by atoms with E-state index < -0.39 is 5.97 Å². The monoisotopic (exact) mass is 210 g/mol. The molecule has 0 spiro atoms. The maximum atomic E-state index is 11.0. The van der Waals surface area contributed by atoms with E-state index in [1.165, 1.54) is 12.3 Å². The second-order valence-corrected chi connectivity index (χ2v) is 3.76. The minimum atomic E-state index is -1.02. The SMILES string of the molecule is O=C1CNc2cc(C(=O)O)cnc2S1. The highest BCUT2D eigenvalue weighted by Crippen LogP contribution is 2.29. The van der Waals surface area contributed by atoms with Crippen LogP contribution in [0.15, 0.2) is 17.3 Å². The summed E-state index contributed by atoms with van der Waals surface area (Å²) in [5, 5.41) is 12.0. The summed E-state index contributed by atoms with van der Waals surface area (Å²) in [6.45, 7) is 0.211. The molecule has 0 unspecified atom stereocenters. The lowest BCUT2D eigenvalue weighted by Gasteiger charge is -2.14. The Balaban J connectivity index is 2.41. The second-order valence-electron chi connectivity index (χ2n) is 2.71. The minimum absolute atomic E-state index is 0.0203. The number of nitrogens with zero attached hydrogens (tertiary/aromatic N) is 1. The molecule has 2 heterocycles. The minimum Gasteiger partial charge on any atom is -0.478 e. The molecule has 0 aromatic carbocycles. The Morgan fingerprint density at radius 2 is 2.43 bits per heavy atom. The van der Waals surface area contributed by atoms with Crippen molar-refractivity contribution in [3.8, 4) is 0 Å². The van der Waals surface area contributed by atoms with Gasteiger partial charge < -0.3 is 10.4 Å². The summed E-state index contributed by atoms with van der Waals surface area (Å²) < 4.78 is 0. The number of hydrogen-bond donors (Lipinski definition) is 2. The smallest absolute Gasteiger partial charge is 0.337 e. The van der Waals surface area contributed by atoms with Gasteiger partial charge in [0.15, 0.2) is 0 Å². The fourth-order valence-corrected chi connectivity index (χ4v) is 1.79. The largest absolute Gasteiger partial charge is 0.478 e. The Hall–Kier alpha value is -1.56. The fraction of sp³-hybridized carbons (Fsp3) is 0.125. The van der Waals surface area contributed by atoms with E-state index in [9.17, 15) is 9.59 Å². The molecule has 0 saturated carbocycles. The molecule has 5 nitrogen and oxygen atoms in total. The van der Waals surface area contributed by atoms with Gasteiger partial charge in [0.1, 0.15) is 5.03 Å². The zero-order valence-electron chi connectivity index (χ0n) is 6.98. The van der Waals surface area contributed by atoms with Crippen molar-refractivity contribution in [3.05, 3.63) is 17.8 Å². The van der Waals surface area contributed by atoms with Crippen LogP contribution >= 0.6 is 11.8 Å². The van der Waals surface area contributed by atoms with Gasteiger partial charge in [-0.05, 0) is 17.8 Å². The van der Waals surface area contributed by atoms with E-state index in [1.54, 1.807) is 0 Å². The number of pyridine rings is 1. The Kier molecular flexibility index (Phi) is 2.12. The maximum absolute atomic E-state index is 11.0. The molecule has 0 aliphatic carbocycles. The predicted octanol–water partition coefficient (Wildman–Crippen LogP) is 0.824. The maximum Gasteiger partial charge on any atom is 0.337 e. The number of carbonyl (C=O) groups is 2. The van der Waals surface area contributed by atoms with Crippen molar-refractivity contribution in [3.63, 3.8) is 0 Å². The molecule has 14 heavy (non-hydrogen) atoms. The summed E-state index contributed by atoms with van der Waals surface area (Å²) in [5.74, 6) is -1.02. The Morgan fingerprint density at radius 1 is 1.64 bits per heavy atom. The van der Waals surface area contributed by atoms with E-state index in [-0.39, 0.29) is 17.2 Å². The van der Waals surface area contributed by atoms with E-state index in [1.807, 2.05) is 0 Å². The van der Waals surface area contributed by atoms with Crippen molar-refractivity contribution in [1.29, 1.82) is 0 Å². The van der Waals surface area contributed by atoms with Crippen molar-refractivity contribution in [2.24, 2.45) is 0 Å². The topological polar surface area (TPSA) is 79.3 Å². The van der Waals surface area contributed by atoms with Crippen LogP contribution in [0, 0.1) is 0 Å². The van der Waals surface area contributed by atoms with Gasteiger partial charge in [0, 0.05) is 6.20 Å². The number of aromatic nitrogens is 1. The molecule has 1 aliphatic rings. The molecule has 0 bridgehead atoms. The second kappa shape index (κ2) is 3.30. The lowest BCUT2D eigenvalue weighted by Crippen LogP contribution is -2.17. The molecule has 1 aromatic rings. The van der Waals surface area contributed by atoms with Crippen LogP contribution in [0.25, 0.3) is 0 Å². The van der Waals surface area contributed by atoms with Gasteiger partial charge in [-0.25, -0.2) is 9.78 Å². The summed E-state index contributed by atoms with van der Waals surface area (Å²) in [7, 11) is 0. The summed E-state index contributed by atoms with van der Waals surface area (Å²) in [5.41, 5.74) is 0.723. The van der Waals surface area contributed by atoms with Crippen LogP contribution in [-0.2, 0) is 4.79 Å². The molecule has 2 rings (SSSR count). The van der Waals surface area contributed by atoms with Crippen molar-refractivity contribution >= 4 is 28.5 Å². The molecule has 0 radical (unpaired) electrons. The average Bonchev–Trinajstić information content (AvgIpc) is 2.16. The lowest BCUT2D eigenvalue weighted by atomic mass is 10.2. The highest BCUT2D eigenvalue weighted by atomic mass is 32.2. The zero-order valence-corrected chi connectivity index (χ0v) is 7.80. The first kappa shape index (κ1) is 9.01. The molecular formula is C8H6N2O3S. The number of fused-ring (bicyclic) bond motifs is 1. The number of carbonyl (C=O) groups excluding carboxylic acids is 1. The molecule has 0 amide bonds. The van der Waals surface area contributed by atoms with Gasteiger partial charge in [-0.3, -0.25) is 4.79 Å². The van der Waals surface area contributed by atoms with Gasteiger partial charge in [-0.1, -0.05) is 0 Å². The van der Waals surface area contributed by atoms with E-state index in [2.05, 4.69) is 10.3 Å². The first-order valence-corrected chi connectivity index (χ1v) is 4.66. The molecule has 6 heteroatoms. The first-order chi connectivity index (χ1) is 6.66. The van der Waals surface area contributed by atoms with E-state index in [4.69, 9.17) is 5.11 Å². The molecule has 0 atom stereocenters. The van der Waals surface area contributed by atoms with Crippen molar-refractivity contribution in [2.75, 3.05) is 11.9 Å². The third-order valence-electron chi connectivity index (χ3n) is 1.73. The van der Waals surface area contributed by atoms with Crippen LogP contribution in [0.4, 0.5) is 5.69 Å². The third-order valence-corrected chi connectivity index (χ3v) is 2.62. The van der Waals surface area contributed by atoms with Crippen LogP contribution in [0.5, 0.6) is 0 Å². The number of aromatic carboxylic acids is 1. The molecule has 0 saturated heterocycles. The molecule has 1 aliphatic heterocycles. The molecule has 1 aromatic heterocycles. The van der Waals surface area contributed by atoms with Gasteiger partial charge in [0.2, 0.25) is 5.12 Å². The number of hydrogen-bond acceptors (Lipinski definition) is 5. The van der Waals surface area contributed by atoms with E-state index in [0.717, 1.165) is 11.8 Å². The number of thioether (sulfide) groups is 1. The van der Waals surface area contributed by atoms with Crippen molar-refractivity contribution in [1.82, 2.24) is 4.98 Å². The van der Waals surface area contributed by atoms with Gasteiger partial charge in [-0.15, -0.1) is 0 Å². The highest BCUT2D eigenvalue weighted by Gasteiger charge is 2.18. The van der Waals surface area contributed by atoms with Crippen LogP contribution in [0.1, 0.15) is 10.4 Å². The van der Waals surface area contributed by atoms with Crippen LogP contribution in [0.3, 0.4) is 0 Å². The molecular weight excluding hydrogens is 204 g/mol. The number of rotatable bonds is 1. The molecule has 72 valence electrons. The summed E-state index contributed by atoms with van der Waals surface area (Å²) in [6, 6.07) is 1.48. The van der Waals surface area contributed by atoms with Gasteiger partial charge in [-0.2, -0.15) is 0 Å². The molecule has 2 N–H and O–H groups in total. The van der Waals surface area contributed by atoms with Gasteiger partial charge in [0.25, 0.3) is 0 Å². The quantitative estimate of drug-likeness (QED) is 0.714. The third kappa shape index (κ3) is 1.56. The van der Waals surface area contributed by atoms with Crippen molar-refractivity contribution < 1.29 is 14.7 Å². The summed E-state index contributed by atoms with van der Waals surface area (Å²) >= 11 is 1.03. The number of nitrogens with one attached hydrogen (secondary N) is 1. The zero-order chi connectivity index (χ0) is 10.1. The Bertz CT molecular complexity index is 419. The summed E-state index contributed by atoms with van der Waals surface area (Å²) in [4.78, 5) is 25.5. The van der Waals surface area contributed by atoms with Crippen LogP contribution in [-0.4, -0.2) is 27.7 Å². The summed E-state index contributed by atoms with van der Waals surface area (Å²) in [6.07, 6.45) is 1.24.